The number of ether oxygens (including phenoxy) is 2. The Morgan fingerprint density at radius 2 is 1.84 bits per heavy atom. The first kappa shape index (κ1) is 18.8. The van der Waals surface area contributed by atoms with Gasteiger partial charge in [-0.2, -0.15) is 0 Å². The Balaban J connectivity index is 2.02. The summed E-state index contributed by atoms with van der Waals surface area (Å²) in [4.78, 5) is 12.2. The molecule has 5 nitrogen and oxygen atoms in total. The number of carbonyl (C=O) groups excluding carboxylic acids is 1. The van der Waals surface area contributed by atoms with E-state index in [0.717, 1.165) is 16.8 Å². The molecule has 0 aromatic heterocycles. The summed E-state index contributed by atoms with van der Waals surface area (Å²) >= 11 is 0. The maximum atomic E-state index is 12.2. The number of nitrogens with one attached hydrogen (secondary N) is 2. The Morgan fingerprint density at radius 3 is 2.48 bits per heavy atom. The van der Waals surface area contributed by atoms with Crippen molar-refractivity contribution < 1.29 is 14.3 Å². The largest absolute Gasteiger partial charge is 0.493 e. The molecule has 134 valence electrons. The number of amides is 1. The lowest BCUT2D eigenvalue weighted by molar-refractivity contribution is -0.118. The van der Waals surface area contributed by atoms with Crippen LogP contribution in [0.2, 0.25) is 0 Å². The van der Waals surface area contributed by atoms with E-state index in [-0.39, 0.29) is 12.5 Å². The van der Waals surface area contributed by atoms with Crippen LogP contribution in [0.5, 0.6) is 11.5 Å². The lowest BCUT2D eigenvalue weighted by Gasteiger charge is -2.16. The van der Waals surface area contributed by atoms with Crippen LogP contribution in [0.3, 0.4) is 0 Å². The normalized spacial score (nSPS) is 10.6. The molecule has 2 aromatic rings. The maximum absolute atomic E-state index is 12.2. The highest BCUT2D eigenvalue weighted by molar-refractivity contribution is 5.91. The van der Waals surface area contributed by atoms with Crippen molar-refractivity contribution in [3.8, 4) is 11.5 Å². The fourth-order valence-corrected chi connectivity index (χ4v) is 2.31. The third kappa shape index (κ3) is 5.80. The minimum absolute atomic E-state index is 0.0804. The molecule has 5 heteroatoms. The summed E-state index contributed by atoms with van der Waals surface area (Å²) in [6.07, 6.45) is 0. The van der Waals surface area contributed by atoms with E-state index < -0.39 is 0 Å². The Kier molecular flexibility index (Phi) is 6.83. The number of carbonyl (C=O) groups is 1. The third-order valence-electron chi connectivity index (χ3n) is 3.66. The third-order valence-corrected chi connectivity index (χ3v) is 3.66. The average Bonchev–Trinajstić information content (AvgIpc) is 2.60. The van der Waals surface area contributed by atoms with E-state index >= 15 is 0 Å². The molecule has 0 aliphatic rings. The molecule has 0 fully saturated rings. The van der Waals surface area contributed by atoms with Crippen molar-refractivity contribution >= 4 is 11.6 Å². The molecule has 0 atom stereocenters. The highest BCUT2D eigenvalue weighted by Crippen LogP contribution is 2.31. The number of rotatable bonds is 8. The summed E-state index contributed by atoms with van der Waals surface area (Å²) in [5.41, 5.74) is 2.85. The molecule has 2 N–H and O–H groups in total. The number of anilines is 1. The molecule has 2 aromatic carbocycles. The molecule has 0 spiro atoms. The highest BCUT2D eigenvalue weighted by atomic mass is 16.5. The molecular weight excluding hydrogens is 316 g/mol. The van der Waals surface area contributed by atoms with Crippen molar-refractivity contribution in [2.24, 2.45) is 0 Å². The average molecular weight is 342 g/mol. The van der Waals surface area contributed by atoms with Crippen molar-refractivity contribution in [3.63, 3.8) is 0 Å². The summed E-state index contributed by atoms with van der Waals surface area (Å²) in [6.45, 7) is 6.72. The van der Waals surface area contributed by atoms with Crippen LogP contribution in [-0.4, -0.2) is 25.7 Å². The van der Waals surface area contributed by atoms with Gasteiger partial charge in [0.2, 0.25) is 0 Å². The molecule has 0 saturated heterocycles. The molecule has 0 unspecified atom stereocenters. The summed E-state index contributed by atoms with van der Waals surface area (Å²) in [5.74, 6) is 1.00. The van der Waals surface area contributed by atoms with Crippen LogP contribution in [0.25, 0.3) is 0 Å². The fourth-order valence-electron chi connectivity index (χ4n) is 2.31. The van der Waals surface area contributed by atoms with Crippen LogP contribution in [0.1, 0.15) is 25.0 Å². The molecule has 1 amide bonds. The zero-order valence-electron chi connectivity index (χ0n) is 15.3. The number of para-hydroxylation sites is 1. The van der Waals surface area contributed by atoms with Crippen molar-refractivity contribution in [2.75, 3.05) is 19.0 Å². The number of benzene rings is 2. The summed E-state index contributed by atoms with van der Waals surface area (Å²) in [7, 11) is 1.59. The van der Waals surface area contributed by atoms with E-state index in [1.165, 1.54) is 0 Å². The lowest BCUT2D eigenvalue weighted by Crippen LogP contribution is -2.24. The van der Waals surface area contributed by atoms with Crippen LogP contribution in [0, 0.1) is 6.92 Å². The van der Waals surface area contributed by atoms with Gasteiger partial charge in [-0.25, -0.2) is 0 Å². The second-order valence-electron chi connectivity index (χ2n) is 6.19. The summed E-state index contributed by atoms with van der Waals surface area (Å²) in [5, 5.41) is 6.18. The van der Waals surface area contributed by atoms with Gasteiger partial charge in [-0.15, -0.1) is 0 Å². The van der Waals surface area contributed by atoms with E-state index in [4.69, 9.17) is 9.47 Å². The Hall–Kier alpha value is -2.53. The van der Waals surface area contributed by atoms with Gasteiger partial charge in [0.1, 0.15) is 0 Å². The van der Waals surface area contributed by atoms with Gasteiger partial charge in [-0.1, -0.05) is 43.7 Å². The Labute approximate surface area is 149 Å². The molecule has 2 rings (SSSR count). The number of hydrogen-bond acceptors (Lipinski definition) is 4. The van der Waals surface area contributed by atoms with E-state index in [9.17, 15) is 4.79 Å². The first-order valence-electron chi connectivity index (χ1n) is 8.38. The molecule has 25 heavy (non-hydrogen) atoms. The first-order valence-corrected chi connectivity index (χ1v) is 8.38. The molecule has 0 saturated carbocycles. The number of hydrogen-bond donors (Lipinski definition) is 2. The minimum Gasteiger partial charge on any atom is -0.493 e. The SMILES string of the molecule is COc1cccc(CNC(C)C)c1OCC(=O)Nc1ccc(C)cc1. The predicted octanol–water partition coefficient (Wildman–Crippen LogP) is 3.52. The van der Waals surface area contributed by atoms with Gasteiger partial charge < -0.3 is 20.1 Å². The first-order chi connectivity index (χ1) is 12.0. The molecule has 0 aliphatic carbocycles. The maximum Gasteiger partial charge on any atom is 0.262 e. The minimum atomic E-state index is -0.211. The smallest absolute Gasteiger partial charge is 0.262 e. The number of aryl methyl sites for hydroxylation is 1. The van der Waals surface area contributed by atoms with Gasteiger partial charge in [-0.3, -0.25) is 4.79 Å². The molecule has 0 bridgehead atoms. The molecule has 0 aliphatic heterocycles. The van der Waals surface area contributed by atoms with Crippen LogP contribution in [-0.2, 0) is 11.3 Å². The standard InChI is InChI=1S/C20H26N2O3/c1-14(2)21-12-16-6-5-7-18(24-4)20(16)25-13-19(23)22-17-10-8-15(3)9-11-17/h5-11,14,21H,12-13H2,1-4H3,(H,22,23). The van der Waals surface area contributed by atoms with Crippen molar-refractivity contribution in [1.82, 2.24) is 5.32 Å². The Bertz CT molecular complexity index is 697. The van der Waals surface area contributed by atoms with E-state index in [1.54, 1.807) is 7.11 Å². The topological polar surface area (TPSA) is 59.6 Å². The second kappa shape index (κ2) is 9.08. The van der Waals surface area contributed by atoms with E-state index in [1.807, 2.05) is 49.4 Å². The monoisotopic (exact) mass is 342 g/mol. The van der Waals surface area contributed by atoms with Crippen molar-refractivity contribution in [2.45, 2.75) is 33.4 Å². The molecule has 0 heterocycles. The zero-order chi connectivity index (χ0) is 18.2. The highest BCUT2D eigenvalue weighted by Gasteiger charge is 2.13. The molecule has 0 radical (unpaired) electrons. The van der Waals surface area contributed by atoms with E-state index in [0.29, 0.717) is 24.1 Å². The van der Waals surface area contributed by atoms with Crippen molar-refractivity contribution in [1.29, 1.82) is 0 Å². The zero-order valence-corrected chi connectivity index (χ0v) is 15.3. The van der Waals surface area contributed by atoms with Crippen LogP contribution >= 0.6 is 0 Å². The van der Waals surface area contributed by atoms with Gasteiger partial charge in [0.15, 0.2) is 18.1 Å². The van der Waals surface area contributed by atoms with Gasteiger partial charge in [0.25, 0.3) is 5.91 Å². The quantitative estimate of drug-likeness (QED) is 0.771. The molecular formula is C20H26N2O3. The lowest BCUT2D eigenvalue weighted by atomic mass is 10.1. The summed E-state index contributed by atoms with van der Waals surface area (Å²) < 4.78 is 11.1. The predicted molar refractivity (Wildman–Crippen MR) is 100 cm³/mol. The van der Waals surface area contributed by atoms with Gasteiger partial charge >= 0.3 is 0 Å². The summed E-state index contributed by atoms with van der Waals surface area (Å²) in [6, 6.07) is 13.7. The second-order valence-corrected chi connectivity index (χ2v) is 6.19. The van der Waals surface area contributed by atoms with Crippen LogP contribution < -0.4 is 20.1 Å². The van der Waals surface area contributed by atoms with Gasteiger partial charge in [0.05, 0.1) is 7.11 Å². The van der Waals surface area contributed by atoms with Crippen LogP contribution in [0.4, 0.5) is 5.69 Å². The van der Waals surface area contributed by atoms with Crippen LogP contribution in [0.15, 0.2) is 42.5 Å². The fraction of sp³-hybridized carbons (Fsp3) is 0.350. The van der Waals surface area contributed by atoms with Crippen molar-refractivity contribution in [3.05, 3.63) is 53.6 Å². The number of methoxy groups -OCH3 is 1. The van der Waals surface area contributed by atoms with Gasteiger partial charge in [0, 0.05) is 23.8 Å². The van der Waals surface area contributed by atoms with Gasteiger partial charge in [-0.05, 0) is 25.1 Å². The Morgan fingerprint density at radius 1 is 1.12 bits per heavy atom. The van der Waals surface area contributed by atoms with E-state index in [2.05, 4.69) is 24.5 Å².